The van der Waals surface area contributed by atoms with Crippen LogP contribution in [0.25, 0.3) is 0 Å². The molecule has 92 valence electrons. The van der Waals surface area contributed by atoms with E-state index in [1.165, 1.54) is 18.3 Å². The van der Waals surface area contributed by atoms with Crippen LogP contribution < -0.4 is 5.32 Å². The van der Waals surface area contributed by atoms with Gasteiger partial charge in [0.15, 0.2) is 0 Å². The van der Waals surface area contributed by atoms with Gasteiger partial charge in [0.25, 0.3) is 5.91 Å². The summed E-state index contributed by atoms with van der Waals surface area (Å²) in [6.45, 7) is 3.80. The van der Waals surface area contributed by atoms with E-state index >= 15 is 0 Å². The van der Waals surface area contributed by atoms with Gasteiger partial charge in [-0.15, -0.1) is 0 Å². The highest BCUT2D eigenvalue weighted by atomic mass is 19.1. The molecule has 2 rings (SSSR count). The van der Waals surface area contributed by atoms with Crippen LogP contribution in [0.15, 0.2) is 36.5 Å². The standard InChI is InChI=1S/C14H13FN2O/c1-9-3-4-10(2)12(7-9)14(18)17-11-5-6-13(15)16-8-11/h3-8H,1-2H3,(H,17,18). The highest BCUT2D eigenvalue weighted by molar-refractivity contribution is 6.05. The molecule has 18 heavy (non-hydrogen) atoms. The van der Waals surface area contributed by atoms with Crippen LogP contribution in [0.3, 0.4) is 0 Å². The van der Waals surface area contributed by atoms with Gasteiger partial charge in [-0.2, -0.15) is 4.39 Å². The summed E-state index contributed by atoms with van der Waals surface area (Å²) >= 11 is 0. The molecular formula is C14H13FN2O. The second-order valence-electron chi connectivity index (χ2n) is 4.14. The van der Waals surface area contributed by atoms with Crippen LogP contribution in [-0.2, 0) is 0 Å². The number of carbonyl (C=O) groups is 1. The van der Waals surface area contributed by atoms with E-state index in [0.717, 1.165) is 11.1 Å². The van der Waals surface area contributed by atoms with Gasteiger partial charge in [-0.25, -0.2) is 4.98 Å². The van der Waals surface area contributed by atoms with Crippen LogP contribution in [0.1, 0.15) is 21.5 Å². The average molecular weight is 244 g/mol. The van der Waals surface area contributed by atoms with Gasteiger partial charge < -0.3 is 5.32 Å². The van der Waals surface area contributed by atoms with E-state index < -0.39 is 5.95 Å². The quantitative estimate of drug-likeness (QED) is 0.825. The molecule has 0 radical (unpaired) electrons. The third-order valence-electron chi connectivity index (χ3n) is 2.62. The Balaban J connectivity index is 2.21. The Morgan fingerprint density at radius 1 is 1.22 bits per heavy atom. The SMILES string of the molecule is Cc1ccc(C)c(C(=O)Nc2ccc(F)nc2)c1. The van der Waals surface area contributed by atoms with Gasteiger partial charge in [0.05, 0.1) is 11.9 Å². The van der Waals surface area contributed by atoms with Crippen molar-refractivity contribution in [2.45, 2.75) is 13.8 Å². The molecule has 0 fully saturated rings. The molecule has 0 aliphatic heterocycles. The van der Waals surface area contributed by atoms with Gasteiger partial charge in [-0.3, -0.25) is 4.79 Å². The fourth-order valence-corrected chi connectivity index (χ4v) is 1.63. The fourth-order valence-electron chi connectivity index (χ4n) is 1.63. The molecule has 0 saturated heterocycles. The highest BCUT2D eigenvalue weighted by Gasteiger charge is 2.09. The molecule has 0 saturated carbocycles. The van der Waals surface area contributed by atoms with Gasteiger partial charge in [0.2, 0.25) is 5.95 Å². The predicted molar refractivity (Wildman–Crippen MR) is 68.1 cm³/mol. The monoisotopic (exact) mass is 244 g/mol. The number of pyridine rings is 1. The summed E-state index contributed by atoms with van der Waals surface area (Å²) < 4.78 is 12.6. The number of carbonyl (C=O) groups excluding carboxylic acids is 1. The second kappa shape index (κ2) is 4.96. The topological polar surface area (TPSA) is 42.0 Å². The summed E-state index contributed by atoms with van der Waals surface area (Å²) in [5, 5.41) is 2.69. The third-order valence-corrected chi connectivity index (χ3v) is 2.62. The summed E-state index contributed by atoms with van der Waals surface area (Å²) in [5.41, 5.74) is 3.00. The minimum atomic E-state index is -0.570. The minimum absolute atomic E-state index is 0.218. The largest absolute Gasteiger partial charge is 0.321 e. The number of aryl methyl sites for hydroxylation is 2. The van der Waals surface area contributed by atoms with Crippen molar-refractivity contribution < 1.29 is 9.18 Å². The normalized spacial score (nSPS) is 10.2. The summed E-state index contributed by atoms with van der Waals surface area (Å²) in [4.78, 5) is 15.5. The Kier molecular flexibility index (Phi) is 3.37. The Hall–Kier alpha value is -2.23. The molecule has 3 nitrogen and oxygen atoms in total. The van der Waals surface area contributed by atoms with Crippen LogP contribution >= 0.6 is 0 Å². The van der Waals surface area contributed by atoms with Gasteiger partial charge in [0.1, 0.15) is 0 Å². The van der Waals surface area contributed by atoms with Crippen molar-refractivity contribution in [3.05, 3.63) is 59.2 Å². The molecule has 1 aromatic carbocycles. The summed E-state index contributed by atoms with van der Waals surface area (Å²) in [5.74, 6) is -0.788. The molecule has 2 aromatic rings. The Morgan fingerprint density at radius 3 is 2.67 bits per heavy atom. The van der Waals surface area contributed by atoms with Crippen molar-refractivity contribution in [3.63, 3.8) is 0 Å². The van der Waals surface area contributed by atoms with Crippen molar-refractivity contribution >= 4 is 11.6 Å². The number of aromatic nitrogens is 1. The van der Waals surface area contributed by atoms with E-state index in [1.54, 1.807) is 0 Å². The molecule has 1 aromatic heterocycles. The van der Waals surface area contributed by atoms with E-state index in [2.05, 4.69) is 10.3 Å². The lowest BCUT2D eigenvalue weighted by Gasteiger charge is -2.08. The van der Waals surface area contributed by atoms with Crippen molar-refractivity contribution in [2.75, 3.05) is 5.32 Å². The number of hydrogen-bond donors (Lipinski definition) is 1. The van der Waals surface area contributed by atoms with E-state index in [-0.39, 0.29) is 5.91 Å². The van der Waals surface area contributed by atoms with Crippen LogP contribution in [0.2, 0.25) is 0 Å². The van der Waals surface area contributed by atoms with E-state index in [0.29, 0.717) is 11.3 Å². The first-order valence-electron chi connectivity index (χ1n) is 5.56. The maximum atomic E-state index is 12.6. The molecule has 1 N–H and O–H groups in total. The summed E-state index contributed by atoms with van der Waals surface area (Å²) in [6.07, 6.45) is 1.29. The van der Waals surface area contributed by atoms with Gasteiger partial charge in [-0.05, 0) is 37.6 Å². The number of nitrogens with one attached hydrogen (secondary N) is 1. The second-order valence-corrected chi connectivity index (χ2v) is 4.14. The Morgan fingerprint density at radius 2 is 2.00 bits per heavy atom. The highest BCUT2D eigenvalue weighted by Crippen LogP contribution is 2.13. The molecule has 0 unspecified atom stereocenters. The lowest BCUT2D eigenvalue weighted by Crippen LogP contribution is -2.13. The predicted octanol–water partition coefficient (Wildman–Crippen LogP) is 3.09. The number of nitrogens with zero attached hydrogens (tertiary/aromatic N) is 1. The van der Waals surface area contributed by atoms with Gasteiger partial charge >= 0.3 is 0 Å². The molecule has 4 heteroatoms. The molecule has 1 amide bonds. The van der Waals surface area contributed by atoms with E-state index in [9.17, 15) is 9.18 Å². The molecule has 0 aliphatic carbocycles. The maximum Gasteiger partial charge on any atom is 0.255 e. The van der Waals surface area contributed by atoms with Crippen LogP contribution in [-0.4, -0.2) is 10.9 Å². The number of amides is 1. The smallest absolute Gasteiger partial charge is 0.255 e. The lowest BCUT2D eigenvalue weighted by atomic mass is 10.1. The first-order chi connectivity index (χ1) is 8.56. The number of benzene rings is 1. The van der Waals surface area contributed by atoms with Crippen LogP contribution in [0, 0.1) is 19.8 Å². The zero-order chi connectivity index (χ0) is 13.1. The molecular weight excluding hydrogens is 231 g/mol. The zero-order valence-electron chi connectivity index (χ0n) is 10.2. The number of halogens is 1. The molecule has 0 atom stereocenters. The Bertz CT molecular complexity index is 579. The third kappa shape index (κ3) is 2.71. The molecule has 0 bridgehead atoms. The van der Waals surface area contributed by atoms with Crippen molar-refractivity contribution in [1.82, 2.24) is 4.98 Å². The molecule has 0 aliphatic rings. The van der Waals surface area contributed by atoms with Gasteiger partial charge in [0, 0.05) is 5.56 Å². The number of hydrogen-bond acceptors (Lipinski definition) is 2. The molecule has 1 heterocycles. The van der Waals surface area contributed by atoms with E-state index in [1.807, 2.05) is 32.0 Å². The van der Waals surface area contributed by atoms with Crippen LogP contribution in [0.4, 0.5) is 10.1 Å². The minimum Gasteiger partial charge on any atom is -0.321 e. The lowest BCUT2D eigenvalue weighted by molar-refractivity contribution is 0.102. The van der Waals surface area contributed by atoms with Gasteiger partial charge in [-0.1, -0.05) is 17.7 Å². The van der Waals surface area contributed by atoms with Crippen molar-refractivity contribution in [1.29, 1.82) is 0 Å². The van der Waals surface area contributed by atoms with Crippen molar-refractivity contribution in [2.24, 2.45) is 0 Å². The number of anilines is 1. The summed E-state index contributed by atoms with van der Waals surface area (Å²) in [7, 11) is 0. The fraction of sp³-hybridized carbons (Fsp3) is 0.143. The first kappa shape index (κ1) is 12.2. The average Bonchev–Trinajstić information content (AvgIpc) is 2.35. The number of rotatable bonds is 2. The van der Waals surface area contributed by atoms with E-state index in [4.69, 9.17) is 0 Å². The summed E-state index contributed by atoms with van der Waals surface area (Å²) in [6, 6.07) is 8.35. The van der Waals surface area contributed by atoms with Crippen molar-refractivity contribution in [3.8, 4) is 0 Å². The maximum absolute atomic E-state index is 12.6. The zero-order valence-corrected chi connectivity index (χ0v) is 10.2. The Labute approximate surface area is 105 Å². The first-order valence-corrected chi connectivity index (χ1v) is 5.56. The molecule has 0 spiro atoms. The van der Waals surface area contributed by atoms with Crippen LogP contribution in [0.5, 0.6) is 0 Å².